The first kappa shape index (κ1) is 24.3. The zero-order chi connectivity index (χ0) is 24.1. The summed E-state index contributed by atoms with van der Waals surface area (Å²) in [5.41, 5.74) is 2.08. The lowest BCUT2D eigenvalue weighted by Crippen LogP contribution is -2.49. The number of fused-ring (bicyclic) bond motifs is 1. The van der Waals surface area contributed by atoms with Gasteiger partial charge in [0.1, 0.15) is 18.9 Å². The number of benzene rings is 2. The van der Waals surface area contributed by atoms with E-state index in [0.717, 1.165) is 17.5 Å². The number of hydrogen-bond donors (Lipinski definition) is 0. The van der Waals surface area contributed by atoms with Crippen LogP contribution in [0.5, 0.6) is 5.75 Å². The largest absolute Gasteiger partial charge is 0.491 e. The molecule has 1 atom stereocenters. The molecular weight excluding hydrogens is 468 g/mol. The summed E-state index contributed by atoms with van der Waals surface area (Å²) in [6, 6.07) is 18.7. The van der Waals surface area contributed by atoms with Gasteiger partial charge in [0.05, 0.1) is 12.5 Å². The summed E-state index contributed by atoms with van der Waals surface area (Å²) in [7, 11) is 0. The Morgan fingerprint density at radius 1 is 1.12 bits per heavy atom. The topological polar surface area (TPSA) is 49.9 Å². The number of thiophene rings is 1. The van der Waals surface area contributed by atoms with Crippen LogP contribution >= 0.6 is 22.9 Å². The lowest BCUT2D eigenvalue weighted by molar-refractivity contribution is -0.143. The molecule has 0 saturated heterocycles. The molecule has 0 unspecified atom stereocenters. The molecule has 1 aliphatic rings. The van der Waals surface area contributed by atoms with Crippen LogP contribution < -0.4 is 4.74 Å². The highest BCUT2D eigenvalue weighted by molar-refractivity contribution is 7.10. The molecule has 0 bridgehead atoms. The molecule has 178 valence electrons. The maximum atomic E-state index is 13.5. The summed E-state index contributed by atoms with van der Waals surface area (Å²) < 4.78 is 6.06. The molecule has 2 amide bonds. The Kier molecular flexibility index (Phi) is 7.91. The second-order valence-corrected chi connectivity index (χ2v) is 10.1. The van der Waals surface area contributed by atoms with Crippen molar-refractivity contribution in [3.05, 3.63) is 87.1 Å². The molecule has 7 heteroatoms. The summed E-state index contributed by atoms with van der Waals surface area (Å²) in [5, 5.41) is 2.72. The third-order valence-electron chi connectivity index (χ3n) is 6.08. The Morgan fingerprint density at radius 2 is 1.85 bits per heavy atom. The zero-order valence-electron chi connectivity index (χ0n) is 19.4. The molecule has 0 spiro atoms. The van der Waals surface area contributed by atoms with Gasteiger partial charge < -0.3 is 14.5 Å². The van der Waals surface area contributed by atoms with E-state index in [9.17, 15) is 9.59 Å². The molecule has 3 aromatic rings. The molecular formula is C27H29ClN2O3S. The Labute approximate surface area is 209 Å². The van der Waals surface area contributed by atoms with Gasteiger partial charge in [-0.15, -0.1) is 11.3 Å². The molecule has 5 nitrogen and oxygen atoms in total. The van der Waals surface area contributed by atoms with E-state index in [4.69, 9.17) is 16.3 Å². The number of carbonyl (C=O) groups excluding carboxylic acids is 2. The Hall–Kier alpha value is -2.83. The van der Waals surface area contributed by atoms with Crippen molar-refractivity contribution in [1.82, 2.24) is 9.80 Å². The Morgan fingerprint density at radius 3 is 2.56 bits per heavy atom. The molecule has 2 heterocycles. The van der Waals surface area contributed by atoms with Gasteiger partial charge in [-0.2, -0.15) is 0 Å². The van der Waals surface area contributed by atoms with Crippen molar-refractivity contribution in [2.24, 2.45) is 0 Å². The smallest absolute Gasteiger partial charge is 0.242 e. The highest BCUT2D eigenvalue weighted by Crippen LogP contribution is 2.34. The van der Waals surface area contributed by atoms with Crippen molar-refractivity contribution < 1.29 is 14.3 Å². The molecule has 0 aliphatic carbocycles. The SMILES string of the molecule is CC(C)N(CC(=O)N1CCc2sccc2[C@H]1COc1ccc(Cl)cc1)C(=O)Cc1ccccc1. The van der Waals surface area contributed by atoms with E-state index in [2.05, 4.69) is 11.4 Å². The highest BCUT2D eigenvalue weighted by atomic mass is 35.5. The van der Waals surface area contributed by atoms with Gasteiger partial charge in [0, 0.05) is 22.5 Å². The Balaban J connectivity index is 1.48. The number of nitrogens with zero attached hydrogens (tertiary/aromatic N) is 2. The van der Waals surface area contributed by atoms with Crippen LogP contribution in [0, 0.1) is 0 Å². The van der Waals surface area contributed by atoms with Crippen LogP contribution in [0.2, 0.25) is 5.02 Å². The van der Waals surface area contributed by atoms with E-state index in [-0.39, 0.29) is 36.9 Å². The first-order valence-corrected chi connectivity index (χ1v) is 12.8. The van der Waals surface area contributed by atoms with E-state index in [0.29, 0.717) is 23.9 Å². The minimum Gasteiger partial charge on any atom is -0.491 e. The molecule has 34 heavy (non-hydrogen) atoms. The van der Waals surface area contributed by atoms with Gasteiger partial charge in [-0.1, -0.05) is 41.9 Å². The number of ether oxygens (including phenoxy) is 1. The van der Waals surface area contributed by atoms with E-state index in [1.165, 1.54) is 4.88 Å². The predicted molar refractivity (Wildman–Crippen MR) is 136 cm³/mol. The summed E-state index contributed by atoms with van der Waals surface area (Å²) in [6.45, 7) is 4.91. The minimum atomic E-state index is -0.198. The van der Waals surface area contributed by atoms with Crippen molar-refractivity contribution in [3.8, 4) is 5.75 Å². The summed E-state index contributed by atoms with van der Waals surface area (Å²) >= 11 is 7.70. The van der Waals surface area contributed by atoms with Crippen LogP contribution in [0.15, 0.2) is 66.0 Å². The van der Waals surface area contributed by atoms with Crippen molar-refractivity contribution in [1.29, 1.82) is 0 Å². The Bertz CT molecular complexity index is 1110. The number of carbonyl (C=O) groups is 2. The number of rotatable bonds is 8. The highest BCUT2D eigenvalue weighted by Gasteiger charge is 2.34. The van der Waals surface area contributed by atoms with Crippen LogP contribution in [0.25, 0.3) is 0 Å². The molecule has 0 saturated carbocycles. The molecule has 0 N–H and O–H groups in total. The maximum Gasteiger partial charge on any atom is 0.242 e. The molecule has 2 aromatic carbocycles. The van der Waals surface area contributed by atoms with Crippen LogP contribution in [0.1, 0.15) is 35.9 Å². The summed E-state index contributed by atoms with van der Waals surface area (Å²) in [4.78, 5) is 31.4. The van der Waals surface area contributed by atoms with Crippen molar-refractivity contribution in [2.45, 2.75) is 38.8 Å². The molecule has 1 aliphatic heterocycles. The molecule has 4 rings (SSSR count). The number of amides is 2. The molecule has 0 radical (unpaired) electrons. The van der Waals surface area contributed by atoms with E-state index < -0.39 is 0 Å². The van der Waals surface area contributed by atoms with E-state index >= 15 is 0 Å². The normalized spacial score (nSPS) is 15.2. The van der Waals surface area contributed by atoms with Crippen LogP contribution in [-0.2, 0) is 22.4 Å². The van der Waals surface area contributed by atoms with Gasteiger partial charge in [-0.05, 0) is 67.1 Å². The predicted octanol–water partition coefficient (Wildman–Crippen LogP) is 5.39. The number of halogens is 1. The first-order chi connectivity index (χ1) is 16.4. The second kappa shape index (κ2) is 11.1. The summed E-state index contributed by atoms with van der Waals surface area (Å²) in [6.07, 6.45) is 1.10. The fraction of sp³-hybridized carbons (Fsp3) is 0.333. The quantitative estimate of drug-likeness (QED) is 0.420. The third kappa shape index (κ3) is 5.80. The summed E-state index contributed by atoms with van der Waals surface area (Å²) in [5.74, 6) is 0.606. The van der Waals surface area contributed by atoms with E-state index in [1.807, 2.05) is 61.2 Å². The van der Waals surface area contributed by atoms with E-state index in [1.54, 1.807) is 28.4 Å². The van der Waals surface area contributed by atoms with Gasteiger partial charge in [-0.3, -0.25) is 9.59 Å². The van der Waals surface area contributed by atoms with Crippen molar-refractivity contribution in [2.75, 3.05) is 19.7 Å². The average Bonchev–Trinajstić information content (AvgIpc) is 3.31. The molecule has 0 fully saturated rings. The lowest BCUT2D eigenvalue weighted by Gasteiger charge is -2.37. The molecule has 1 aromatic heterocycles. The lowest BCUT2D eigenvalue weighted by atomic mass is 10.00. The van der Waals surface area contributed by atoms with Gasteiger partial charge in [0.15, 0.2) is 0 Å². The van der Waals surface area contributed by atoms with Gasteiger partial charge >= 0.3 is 0 Å². The van der Waals surface area contributed by atoms with Gasteiger partial charge in [0.25, 0.3) is 0 Å². The fourth-order valence-electron chi connectivity index (χ4n) is 4.25. The zero-order valence-corrected chi connectivity index (χ0v) is 21.0. The second-order valence-electron chi connectivity index (χ2n) is 8.69. The standard InChI is InChI=1S/C27H29ClN2O3S/c1-19(2)30(26(31)16-20-6-4-3-5-7-20)17-27(32)29-14-12-25-23(13-15-34-25)24(29)18-33-22-10-8-21(28)9-11-22/h3-11,13,15,19,24H,12,14,16-18H2,1-2H3/t24-/m1/s1. The monoisotopic (exact) mass is 496 g/mol. The van der Waals surface area contributed by atoms with Crippen LogP contribution in [-0.4, -0.2) is 47.4 Å². The van der Waals surface area contributed by atoms with Crippen LogP contribution in [0.3, 0.4) is 0 Å². The fourth-order valence-corrected chi connectivity index (χ4v) is 5.30. The average molecular weight is 497 g/mol. The van der Waals surface area contributed by atoms with Crippen LogP contribution in [0.4, 0.5) is 0 Å². The van der Waals surface area contributed by atoms with Crippen molar-refractivity contribution >= 4 is 34.8 Å². The minimum absolute atomic E-state index is 0.0447. The third-order valence-corrected chi connectivity index (χ3v) is 7.33. The maximum absolute atomic E-state index is 13.5. The van der Waals surface area contributed by atoms with Crippen molar-refractivity contribution in [3.63, 3.8) is 0 Å². The van der Waals surface area contributed by atoms with Gasteiger partial charge in [-0.25, -0.2) is 0 Å². The first-order valence-electron chi connectivity index (χ1n) is 11.5. The number of hydrogen-bond acceptors (Lipinski definition) is 4. The van der Waals surface area contributed by atoms with Gasteiger partial charge in [0.2, 0.25) is 11.8 Å².